The van der Waals surface area contributed by atoms with Crippen molar-refractivity contribution in [2.45, 2.75) is 20.2 Å². The Kier molecular flexibility index (Phi) is 7.72. The van der Waals surface area contributed by atoms with Crippen molar-refractivity contribution < 1.29 is 22.7 Å². The summed E-state index contributed by atoms with van der Waals surface area (Å²) in [6.45, 7) is 3.84. The third-order valence-electron chi connectivity index (χ3n) is 6.03. The summed E-state index contributed by atoms with van der Waals surface area (Å²) in [6.07, 6.45) is -1.47. The maximum absolute atomic E-state index is 12.5. The van der Waals surface area contributed by atoms with E-state index in [1.165, 1.54) is 12.1 Å². The molecule has 0 saturated carbocycles. The second-order valence-electron chi connectivity index (χ2n) is 8.87. The number of nitrogens with one attached hydrogen (secondary N) is 2. The van der Waals surface area contributed by atoms with Gasteiger partial charge in [-0.15, -0.1) is 13.2 Å². The Morgan fingerprint density at radius 1 is 1.05 bits per heavy atom. The lowest BCUT2D eigenvalue weighted by Gasteiger charge is -2.12. The number of hydrogen-bond acceptors (Lipinski definition) is 5. The number of hydrogen-bond donors (Lipinski definition) is 2. The molecule has 0 aliphatic rings. The number of amides is 2. The number of nitrogens with zero attached hydrogens (tertiary/aromatic N) is 3. The van der Waals surface area contributed by atoms with Crippen molar-refractivity contribution >= 4 is 67.8 Å². The number of imidazole rings is 1. The molecule has 5 aromatic rings. The molecule has 40 heavy (non-hydrogen) atoms. The molecule has 2 N–H and O–H groups in total. The summed E-state index contributed by atoms with van der Waals surface area (Å²) >= 11 is 4.36. The predicted octanol–water partition coefficient (Wildman–Crippen LogP) is 8.26. The van der Waals surface area contributed by atoms with Crippen LogP contribution in [0.3, 0.4) is 0 Å². The third kappa shape index (κ3) is 6.23. The van der Waals surface area contributed by atoms with Crippen molar-refractivity contribution in [2.75, 3.05) is 5.32 Å². The molecule has 0 spiro atoms. The molecule has 0 radical (unpaired) electrons. The standard InChI is InChI=1S/C28H21BrF3N5O2S/c1-16-11-20(29)12-17(2)25(16)35-27(38)36-40-34-14-18-3-9-23-19(13-18)4-10-24-26(23)33-15-37(24)21-5-7-22(8-6-21)39-28(30,31)32/h3-15H,1-2H3,(H2,35,36,38). The van der Waals surface area contributed by atoms with Crippen molar-refractivity contribution in [3.63, 3.8) is 0 Å². The molecule has 4 aromatic carbocycles. The minimum absolute atomic E-state index is 0.288. The zero-order valence-electron chi connectivity index (χ0n) is 21.1. The van der Waals surface area contributed by atoms with Crippen LogP contribution in [0.15, 0.2) is 81.9 Å². The van der Waals surface area contributed by atoms with Gasteiger partial charge in [0, 0.05) is 27.4 Å². The third-order valence-corrected chi connectivity index (χ3v) is 6.98. The molecular formula is C28H21BrF3N5O2S. The topological polar surface area (TPSA) is 80.5 Å². The number of rotatable bonds is 6. The Morgan fingerprint density at radius 3 is 2.48 bits per heavy atom. The minimum Gasteiger partial charge on any atom is -0.406 e. The summed E-state index contributed by atoms with van der Waals surface area (Å²) in [7, 11) is 0. The van der Waals surface area contributed by atoms with Gasteiger partial charge in [-0.05, 0) is 84.5 Å². The summed E-state index contributed by atoms with van der Waals surface area (Å²) in [6, 6.07) is 18.7. The van der Waals surface area contributed by atoms with Gasteiger partial charge in [0.05, 0.1) is 23.2 Å². The quantitative estimate of drug-likeness (QED) is 0.147. The first-order valence-electron chi connectivity index (χ1n) is 11.9. The fourth-order valence-electron chi connectivity index (χ4n) is 4.32. The predicted molar refractivity (Wildman–Crippen MR) is 156 cm³/mol. The summed E-state index contributed by atoms with van der Waals surface area (Å²) in [5.41, 5.74) is 5.68. The van der Waals surface area contributed by atoms with Gasteiger partial charge in [0.1, 0.15) is 12.1 Å². The average Bonchev–Trinajstić information content (AvgIpc) is 3.33. The number of carbonyl (C=O) groups excluding carboxylic acids is 1. The Balaban J connectivity index is 1.26. The van der Waals surface area contributed by atoms with Crippen LogP contribution in [-0.2, 0) is 0 Å². The SMILES string of the molecule is Cc1cc(Br)cc(C)c1NC(=O)NSN=Cc1ccc2c(ccc3c2ncn3-c2ccc(OC(F)(F)F)cc2)c1. The molecule has 1 aromatic heterocycles. The minimum atomic E-state index is -4.74. The zero-order chi connectivity index (χ0) is 28.4. The molecule has 0 bridgehead atoms. The van der Waals surface area contributed by atoms with E-state index in [-0.39, 0.29) is 11.8 Å². The fraction of sp³-hybridized carbons (Fsp3) is 0.107. The smallest absolute Gasteiger partial charge is 0.406 e. The molecule has 204 valence electrons. The molecule has 0 aliphatic carbocycles. The monoisotopic (exact) mass is 627 g/mol. The first-order valence-corrected chi connectivity index (χ1v) is 13.4. The number of benzene rings is 4. The van der Waals surface area contributed by atoms with Crippen molar-refractivity contribution in [3.05, 3.63) is 94.2 Å². The maximum Gasteiger partial charge on any atom is 0.573 e. The number of aryl methyl sites for hydroxylation is 2. The number of halogens is 4. The first kappa shape index (κ1) is 27.5. The number of fused-ring (bicyclic) bond motifs is 3. The number of anilines is 1. The molecule has 2 amide bonds. The van der Waals surface area contributed by atoms with Gasteiger partial charge in [-0.1, -0.05) is 34.1 Å². The van der Waals surface area contributed by atoms with Crippen LogP contribution < -0.4 is 14.8 Å². The lowest BCUT2D eigenvalue weighted by Crippen LogP contribution is -2.23. The van der Waals surface area contributed by atoms with Crippen molar-refractivity contribution in [2.24, 2.45) is 4.40 Å². The number of aromatic nitrogens is 2. The molecule has 0 saturated heterocycles. The molecule has 12 heteroatoms. The van der Waals surface area contributed by atoms with E-state index < -0.39 is 6.36 Å². The molecule has 0 fully saturated rings. The molecule has 0 unspecified atom stereocenters. The largest absolute Gasteiger partial charge is 0.573 e. The van der Waals surface area contributed by atoms with Crippen molar-refractivity contribution in [1.82, 2.24) is 14.3 Å². The van der Waals surface area contributed by atoms with Gasteiger partial charge in [0.2, 0.25) is 0 Å². The highest BCUT2D eigenvalue weighted by Crippen LogP contribution is 2.29. The number of carbonyl (C=O) groups is 1. The van der Waals surface area contributed by atoms with Gasteiger partial charge < -0.3 is 10.1 Å². The Morgan fingerprint density at radius 2 is 1.77 bits per heavy atom. The van der Waals surface area contributed by atoms with Gasteiger partial charge in [-0.2, -0.15) is 0 Å². The van der Waals surface area contributed by atoms with E-state index >= 15 is 0 Å². The van der Waals surface area contributed by atoms with Gasteiger partial charge in [-0.25, -0.2) is 14.2 Å². The lowest BCUT2D eigenvalue weighted by molar-refractivity contribution is -0.274. The number of ether oxygens (including phenoxy) is 1. The molecule has 0 aliphatic heterocycles. The Hall–Kier alpha value is -4.03. The molecule has 5 rings (SSSR count). The van der Waals surface area contributed by atoms with Crippen molar-refractivity contribution in [3.8, 4) is 11.4 Å². The van der Waals surface area contributed by atoms with E-state index in [2.05, 4.69) is 40.1 Å². The van der Waals surface area contributed by atoms with E-state index in [1.807, 2.05) is 56.3 Å². The maximum atomic E-state index is 12.5. The van der Waals surface area contributed by atoms with E-state index in [1.54, 1.807) is 29.2 Å². The summed E-state index contributed by atoms with van der Waals surface area (Å²) in [5.74, 6) is -0.288. The molecule has 1 heterocycles. The van der Waals surface area contributed by atoms with Crippen LogP contribution in [0.5, 0.6) is 5.75 Å². The van der Waals surface area contributed by atoms with Crippen LogP contribution in [0.2, 0.25) is 0 Å². The van der Waals surface area contributed by atoms with Crippen LogP contribution in [0.1, 0.15) is 16.7 Å². The van der Waals surface area contributed by atoms with Crippen LogP contribution >= 0.6 is 28.1 Å². The summed E-state index contributed by atoms with van der Waals surface area (Å²) in [5, 5.41) is 4.70. The fourth-order valence-corrected chi connectivity index (χ4v) is 5.37. The van der Waals surface area contributed by atoms with E-state index in [0.717, 1.165) is 60.8 Å². The summed E-state index contributed by atoms with van der Waals surface area (Å²) in [4.78, 5) is 16.8. The number of alkyl halides is 3. The van der Waals surface area contributed by atoms with Gasteiger partial charge in [0.25, 0.3) is 0 Å². The van der Waals surface area contributed by atoms with Crippen LogP contribution in [0.25, 0.3) is 27.5 Å². The normalized spacial score (nSPS) is 11.8. The number of urea groups is 1. The van der Waals surface area contributed by atoms with E-state index in [0.29, 0.717) is 5.69 Å². The lowest BCUT2D eigenvalue weighted by atomic mass is 10.1. The van der Waals surface area contributed by atoms with E-state index in [9.17, 15) is 18.0 Å². The van der Waals surface area contributed by atoms with Crippen molar-refractivity contribution in [1.29, 1.82) is 0 Å². The van der Waals surface area contributed by atoms with Gasteiger partial charge in [-0.3, -0.25) is 9.29 Å². The molecular weight excluding hydrogens is 607 g/mol. The molecule has 0 atom stereocenters. The van der Waals surface area contributed by atoms with Gasteiger partial charge in [0.15, 0.2) is 0 Å². The second kappa shape index (κ2) is 11.2. The Labute approximate surface area is 239 Å². The highest BCUT2D eigenvalue weighted by Gasteiger charge is 2.31. The Bertz CT molecular complexity index is 1730. The first-order chi connectivity index (χ1) is 19.1. The van der Waals surface area contributed by atoms with Gasteiger partial charge >= 0.3 is 12.4 Å². The highest BCUT2D eigenvalue weighted by molar-refractivity contribution is 9.10. The second-order valence-corrected chi connectivity index (χ2v) is 10.4. The average molecular weight is 628 g/mol. The summed E-state index contributed by atoms with van der Waals surface area (Å²) < 4.78 is 51.0. The van der Waals surface area contributed by atoms with Crippen LogP contribution in [0.4, 0.5) is 23.7 Å². The zero-order valence-corrected chi connectivity index (χ0v) is 23.5. The van der Waals surface area contributed by atoms with E-state index in [4.69, 9.17) is 0 Å². The van der Waals surface area contributed by atoms with Crippen LogP contribution in [0, 0.1) is 13.8 Å². The highest BCUT2D eigenvalue weighted by atomic mass is 79.9. The van der Waals surface area contributed by atoms with Crippen LogP contribution in [-0.4, -0.2) is 28.2 Å². The molecule has 7 nitrogen and oxygen atoms in total.